The summed E-state index contributed by atoms with van der Waals surface area (Å²) in [5, 5.41) is 14.7. The van der Waals surface area contributed by atoms with Crippen LogP contribution in [0, 0.1) is 11.7 Å². The Labute approximate surface area is 128 Å². The fourth-order valence-corrected chi connectivity index (χ4v) is 2.63. The third-order valence-corrected chi connectivity index (χ3v) is 3.88. The van der Waals surface area contributed by atoms with Gasteiger partial charge in [-0.1, -0.05) is 18.6 Å². The maximum absolute atomic E-state index is 12.7. The van der Waals surface area contributed by atoms with Crippen molar-refractivity contribution in [1.29, 1.82) is 0 Å². The van der Waals surface area contributed by atoms with E-state index in [2.05, 4.69) is 10.6 Å². The molecule has 0 saturated heterocycles. The lowest BCUT2D eigenvalue weighted by Crippen LogP contribution is -2.42. The summed E-state index contributed by atoms with van der Waals surface area (Å²) in [6, 6.07) is 5.71. The molecule has 1 saturated carbocycles. The molecule has 2 atom stereocenters. The fraction of sp³-hybridized carbons (Fsp3) is 0.500. The summed E-state index contributed by atoms with van der Waals surface area (Å²) in [5.74, 6) is -1.51. The van der Waals surface area contributed by atoms with Gasteiger partial charge in [0.15, 0.2) is 0 Å². The number of hydrogen-bond donors (Lipinski definition) is 3. The maximum Gasteiger partial charge on any atom is 0.309 e. The summed E-state index contributed by atoms with van der Waals surface area (Å²) in [6.45, 7) is 0.578. The van der Waals surface area contributed by atoms with Crippen molar-refractivity contribution in [2.45, 2.75) is 38.3 Å². The molecule has 0 aliphatic heterocycles. The first-order chi connectivity index (χ1) is 10.5. The van der Waals surface area contributed by atoms with Crippen molar-refractivity contribution >= 4 is 11.8 Å². The molecule has 2 rings (SSSR count). The van der Waals surface area contributed by atoms with Crippen molar-refractivity contribution in [2.24, 2.45) is 5.92 Å². The topological polar surface area (TPSA) is 78.4 Å². The van der Waals surface area contributed by atoms with Gasteiger partial charge in [0.05, 0.1) is 6.10 Å². The first-order valence-corrected chi connectivity index (χ1v) is 7.53. The highest BCUT2D eigenvalue weighted by Gasteiger charge is 2.21. The van der Waals surface area contributed by atoms with Gasteiger partial charge in [-0.15, -0.1) is 0 Å². The van der Waals surface area contributed by atoms with Gasteiger partial charge in [-0.3, -0.25) is 9.59 Å². The third-order valence-electron chi connectivity index (χ3n) is 3.88. The van der Waals surface area contributed by atoms with Gasteiger partial charge < -0.3 is 15.7 Å². The summed E-state index contributed by atoms with van der Waals surface area (Å²) in [7, 11) is 0. The van der Waals surface area contributed by atoms with Gasteiger partial charge in [0, 0.05) is 13.1 Å². The molecule has 1 aromatic rings. The smallest absolute Gasteiger partial charge is 0.309 e. The summed E-state index contributed by atoms with van der Waals surface area (Å²) in [5.41, 5.74) is 0.720. The number of halogens is 1. The number of aliphatic hydroxyl groups is 1. The molecule has 1 fully saturated rings. The quantitative estimate of drug-likeness (QED) is 0.729. The normalized spacial score (nSPS) is 21.2. The Balaban J connectivity index is 1.70. The molecule has 5 nitrogen and oxygen atoms in total. The molecule has 6 heteroatoms. The number of nitrogens with one attached hydrogen (secondary N) is 2. The number of carbonyl (C=O) groups is 2. The van der Waals surface area contributed by atoms with Crippen LogP contribution in [0.5, 0.6) is 0 Å². The molecule has 1 aliphatic rings. The molecule has 0 spiro atoms. The molecule has 0 heterocycles. The SMILES string of the molecule is O=C(NCc1ccc(F)cc1)C(=O)NCC1CCCC(O)C1. The second-order valence-corrected chi connectivity index (χ2v) is 5.71. The molecule has 1 aliphatic carbocycles. The van der Waals surface area contributed by atoms with Crippen LogP contribution in [0.4, 0.5) is 4.39 Å². The predicted octanol–water partition coefficient (Wildman–Crippen LogP) is 1.11. The Hall–Kier alpha value is -1.95. The van der Waals surface area contributed by atoms with Crippen LogP contribution < -0.4 is 10.6 Å². The lowest BCUT2D eigenvalue weighted by molar-refractivity contribution is -0.139. The summed E-state index contributed by atoms with van der Waals surface area (Å²) >= 11 is 0. The average molecular weight is 308 g/mol. The van der Waals surface area contributed by atoms with E-state index in [1.807, 2.05) is 0 Å². The zero-order valence-corrected chi connectivity index (χ0v) is 12.3. The van der Waals surface area contributed by atoms with Crippen LogP contribution in [-0.2, 0) is 16.1 Å². The molecule has 1 aromatic carbocycles. The Morgan fingerprint density at radius 1 is 1.14 bits per heavy atom. The van der Waals surface area contributed by atoms with Crippen molar-refractivity contribution in [3.8, 4) is 0 Å². The number of aliphatic hydroxyl groups excluding tert-OH is 1. The van der Waals surface area contributed by atoms with Crippen molar-refractivity contribution in [1.82, 2.24) is 10.6 Å². The lowest BCUT2D eigenvalue weighted by atomic mass is 9.87. The second-order valence-electron chi connectivity index (χ2n) is 5.71. The van der Waals surface area contributed by atoms with Crippen molar-refractivity contribution in [3.05, 3.63) is 35.6 Å². The Morgan fingerprint density at radius 3 is 2.50 bits per heavy atom. The Kier molecular flexibility index (Phi) is 5.89. The fourth-order valence-electron chi connectivity index (χ4n) is 2.63. The minimum atomic E-state index is -0.708. The van der Waals surface area contributed by atoms with E-state index in [1.54, 1.807) is 12.1 Å². The van der Waals surface area contributed by atoms with Crippen LogP contribution in [0.3, 0.4) is 0 Å². The third kappa shape index (κ3) is 5.11. The zero-order valence-electron chi connectivity index (χ0n) is 12.3. The van der Waals surface area contributed by atoms with Crippen LogP contribution in [0.2, 0.25) is 0 Å². The monoisotopic (exact) mass is 308 g/mol. The van der Waals surface area contributed by atoms with E-state index in [0.717, 1.165) is 24.8 Å². The predicted molar refractivity (Wildman–Crippen MR) is 79.2 cm³/mol. The number of carbonyl (C=O) groups excluding carboxylic acids is 2. The molecule has 0 radical (unpaired) electrons. The van der Waals surface area contributed by atoms with E-state index in [0.29, 0.717) is 13.0 Å². The molecule has 2 amide bonds. The zero-order chi connectivity index (χ0) is 15.9. The highest BCUT2D eigenvalue weighted by molar-refractivity contribution is 6.35. The number of amides is 2. The van der Waals surface area contributed by atoms with Crippen molar-refractivity contribution in [3.63, 3.8) is 0 Å². The Bertz CT molecular complexity index is 519. The minimum Gasteiger partial charge on any atom is -0.393 e. The van der Waals surface area contributed by atoms with Crippen molar-refractivity contribution < 1.29 is 19.1 Å². The van der Waals surface area contributed by atoms with Gasteiger partial charge >= 0.3 is 11.8 Å². The van der Waals surface area contributed by atoms with Crippen LogP contribution in [0.15, 0.2) is 24.3 Å². The first-order valence-electron chi connectivity index (χ1n) is 7.53. The average Bonchev–Trinajstić information content (AvgIpc) is 2.52. The lowest BCUT2D eigenvalue weighted by Gasteiger charge is -2.25. The molecule has 2 unspecified atom stereocenters. The highest BCUT2D eigenvalue weighted by Crippen LogP contribution is 2.23. The second kappa shape index (κ2) is 7.89. The number of benzene rings is 1. The summed E-state index contributed by atoms with van der Waals surface area (Å²) in [4.78, 5) is 23.4. The standard InChI is InChI=1S/C16H21FN2O3/c17-13-6-4-11(5-7-13)9-18-15(21)16(22)19-10-12-2-1-3-14(20)8-12/h4-7,12,14,20H,1-3,8-10H2,(H,18,21)(H,19,22). The number of hydrogen-bond acceptors (Lipinski definition) is 3. The van der Waals surface area contributed by atoms with E-state index in [-0.39, 0.29) is 24.4 Å². The largest absolute Gasteiger partial charge is 0.393 e. The highest BCUT2D eigenvalue weighted by atomic mass is 19.1. The van der Waals surface area contributed by atoms with Crippen LogP contribution in [0.25, 0.3) is 0 Å². The van der Waals surface area contributed by atoms with Gasteiger partial charge in [-0.05, 0) is 42.9 Å². The van der Waals surface area contributed by atoms with E-state index in [4.69, 9.17) is 0 Å². The van der Waals surface area contributed by atoms with Gasteiger partial charge in [0.2, 0.25) is 0 Å². The van der Waals surface area contributed by atoms with Crippen LogP contribution >= 0.6 is 0 Å². The number of rotatable bonds is 4. The van der Waals surface area contributed by atoms with E-state index in [1.165, 1.54) is 12.1 Å². The van der Waals surface area contributed by atoms with E-state index < -0.39 is 11.8 Å². The van der Waals surface area contributed by atoms with Gasteiger partial charge in [-0.2, -0.15) is 0 Å². The van der Waals surface area contributed by atoms with Crippen LogP contribution in [-0.4, -0.2) is 29.6 Å². The molecule has 120 valence electrons. The van der Waals surface area contributed by atoms with Crippen LogP contribution in [0.1, 0.15) is 31.2 Å². The summed E-state index contributed by atoms with van der Waals surface area (Å²) in [6.07, 6.45) is 3.07. The minimum absolute atomic E-state index is 0.175. The Morgan fingerprint density at radius 2 is 1.82 bits per heavy atom. The molecule has 3 N–H and O–H groups in total. The van der Waals surface area contributed by atoms with Gasteiger partial charge in [0.25, 0.3) is 0 Å². The molecular weight excluding hydrogens is 287 g/mol. The first kappa shape index (κ1) is 16.4. The van der Waals surface area contributed by atoms with E-state index in [9.17, 15) is 19.1 Å². The molecule has 0 bridgehead atoms. The molecule has 22 heavy (non-hydrogen) atoms. The summed E-state index contributed by atoms with van der Waals surface area (Å²) < 4.78 is 12.7. The maximum atomic E-state index is 12.7. The van der Waals surface area contributed by atoms with Gasteiger partial charge in [-0.25, -0.2) is 4.39 Å². The van der Waals surface area contributed by atoms with Crippen molar-refractivity contribution in [2.75, 3.05) is 6.54 Å². The van der Waals surface area contributed by atoms with E-state index >= 15 is 0 Å². The molecule has 0 aromatic heterocycles. The van der Waals surface area contributed by atoms with Gasteiger partial charge in [0.1, 0.15) is 5.82 Å². The molecular formula is C16H21FN2O3.